The van der Waals surface area contributed by atoms with Gasteiger partial charge in [-0.1, -0.05) is 12.1 Å². The number of ether oxygens (including phenoxy) is 2. The molecule has 24 heavy (non-hydrogen) atoms. The molecule has 0 spiro atoms. The Morgan fingerprint density at radius 2 is 1.79 bits per heavy atom. The smallest absolute Gasteiger partial charge is 0.161 e. The minimum Gasteiger partial charge on any atom is -0.508 e. The van der Waals surface area contributed by atoms with E-state index in [0.29, 0.717) is 13.2 Å². The van der Waals surface area contributed by atoms with E-state index in [1.165, 1.54) is 11.1 Å². The summed E-state index contributed by atoms with van der Waals surface area (Å²) in [5.74, 6) is 1.87. The molecule has 1 heterocycles. The normalized spacial score (nSPS) is 16.0. The lowest BCUT2D eigenvalue weighted by molar-refractivity contribution is 0.286. The van der Waals surface area contributed by atoms with Crippen LogP contribution in [0, 0.1) is 0 Å². The molecule has 0 saturated heterocycles. The van der Waals surface area contributed by atoms with Crippen molar-refractivity contribution < 1.29 is 14.6 Å². The second-order valence-electron chi connectivity index (χ2n) is 5.60. The lowest BCUT2D eigenvalue weighted by atomic mass is 9.89. The summed E-state index contributed by atoms with van der Waals surface area (Å²) in [5.41, 5.74) is 3.51. The van der Waals surface area contributed by atoms with E-state index in [0.717, 1.165) is 30.0 Å². The molecule has 0 fully saturated rings. The highest BCUT2D eigenvalue weighted by Gasteiger charge is 2.24. The lowest BCUT2D eigenvalue weighted by Gasteiger charge is -2.29. The van der Waals surface area contributed by atoms with E-state index in [4.69, 9.17) is 9.47 Å². The molecule has 1 unspecified atom stereocenters. The zero-order valence-corrected chi connectivity index (χ0v) is 14.9. The van der Waals surface area contributed by atoms with E-state index < -0.39 is 0 Å². The van der Waals surface area contributed by atoms with Gasteiger partial charge in [0.25, 0.3) is 0 Å². The van der Waals surface area contributed by atoms with Crippen molar-refractivity contribution in [3.05, 3.63) is 53.1 Å². The molecule has 1 aliphatic rings. The summed E-state index contributed by atoms with van der Waals surface area (Å²) in [7, 11) is 0. The van der Waals surface area contributed by atoms with E-state index in [1.54, 1.807) is 6.07 Å². The van der Waals surface area contributed by atoms with Crippen molar-refractivity contribution in [2.45, 2.75) is 26.3 Å². The molecule has 3 rings (SSSR count). The molecule has 5 heteroatoms. The quantitative estimate of drug-likeness (QED) is 0.861. The van der Waals surface area contributed by atoms with Gasteiger partial charge in [0.05, 0.1) is 19.3 Å². The number of phenolic OH excluding ortho intramolecular Hbond substituents is 1. The van der Waals surface area contributed by atoms with Gasteiger partial charge >= 0.3 is 0 Å². The van der Waals surface area contributed by atoms with Gasteiger partial charge in [0.2, 0.25) is 0 Å². The molecule has 2 N–H and O–H groups in total. The minimum atomic E-state index is 0. The molecule has 0 aromatic heterocycles. The van der Waals surface area contributed by atoms with Crippen LogP contribution in [0.5, 0.6) is 17.2 Å². The number of phenols is 1. The maximum Gasteiger partial charge on any atom is 0.161 e. The first-order valence-corrected chi connectivity index (χ1v) is 8.17. The van der Waals surface area contributed by atoms with Crippen LogP contribution in [0.2, 0.25) is 0 Å². The van der Waals surface area contributed by atoms with Crippen molar-refractivity contribution in [1.82, 2.24) is 5.32 Å². The van der Waals surface area contributed by atoms with Gasteiger partial charge in [-0.05, 0) is 61.2 Å². The summed E-state index contributed by atoms with van der Waals surface area (Å²) in [4.78, 5) is 0. The number of halogens is 1. The second kappa shape index (κ2) is 8.27. The fourth-order valence-corrected chi connectivity index (χ4v) is 3.10. The molecular formula is C19H24ClNO3. The molecule has 0 amide bonds. The molecule has 2 aromatic carbocycles. The fraction of sp³-hybridized carbons (Fsp3) is 0.368. The van der Waals surface area contributed by atoms with Crippen LogP contribution < -0.4 is 14.8 Å². The van der Waals surface area contributed by atoms with Crippen molar-refractivity contribution >= 4 is 12.4 Å². The molecule has 0 saturated carbocycles. The van der Waals surface area contributed by atoms with Crippen molar-refractivity contribution in [1.29, 1.82) is 0 Å². The molecule has 0 radical (unpaired) electrons. The highest BCUT2D eigenvalue weighted by Crippen LogP contribution is 2.38. The predicted octanol–water partition coefficient (Wildman–Crippen LogP) is 3.85. The summed E-state index contributed by atoms with van der Waals surface area (Å²) in [6.07, 6.45) is 0.955. The zero-order valence-electron chi connectivity index (χ0n) is 14.0. The van der Waals surface area contributed by atoms with Gasteiger partial charge in [0.1, 0.15) is 5.75 Å². The number of rotatable bonds is 5. The number of benzene rings is 2. The number of hydrogen-bond acceptors (Lipinski definition) is 4. The van der Waals surface area contributed by atoms with Gasteiger partial charge in [-0.15, -0.1) is 12.4 Å². The van der Waals surface area contributed by atoms with E-state index >= 15 is 0 Å². The summed E-state index contributed by atoms with van der Waals surface area (Å²) in [6, 6.07) is 11.6. The van der Waals surface area contributed by atoms with Gasteiger partial charge in [-0.3, -0.25) is 0 Å². The third-order valence-electron chi connectivity index (χ3n) is 4.06. The Morgan fingerprint density at radius 3 is 2.46 bits per heavy atom. The Balaban J connectivity index is 0.00000208. The van der Waals surface area contributed by atoms with Crippen LogP contribution in [-0.2, 0) is 6.42 Å². The van der Waals surface area contributed by atoms with Gasteiger partial charge in [0, 0.05) is 6.54 Å². The summed E-state index contributed by atoms with van der Waals surface area (Å²) >= 11 is 0. The fourth-order valence-electron chi connectivity index (χ4n) is 3.10. The average molecular weight is 350 g/mol. The Bertz CT molecular complexity index is 690. The van der Waals surface area contributed by atoms with Crippen LogP contribution in [0.1, 0.15) is 36.6 Å². The zero-order chi connectivity index (χ0) is 16.2. The molecular weight excluding hydrogens is 326 g/mol. The minimum absolute atomic E-state index is 0. The second-order valence-corrected chi connectivity index (χ2v) is 5.60. The maximum absolute atomic E-state index is 9.77. The number of hydrogen-bond donors (Lipinski definition) is 2. The van der Waals surface area contributed by atoms with Gasteiger partial charge < -0.3 is 19.9 Å². The van der Waals surface area contributed by atoms with Crippen LogP contribution in [0.15, 0.2) is 36.4 Å². The van der Waals surface area contributed by atoms with Crippen LogP contribution in [0.25, 0.3) is 0 Å². The Hall–Kier alpha value is -1.91. The van der Waals surface area contributed by atoms with Crippen molar-refractivity contribution in [3.8, 4) is 17.2 Å². The van der Waals surface area contributed by atoms with Crippen LogP contribution in [0.3, 0.4) is 0 Å². The lowest BCUT2D eigenvalue weighted by Crippen LogP contribution is -2.30. The predicted molar refractivity (Wildman–Crippen MR) is 97.7 cm³/mol. The maximum atomic E-state index is 9.77. The van der Waals surface area contributed by atoms with Crippen LogP contribution in [-0.4, -0.2) is 24.9 Å². The van der Waals surface area contributed by atoms with Gasteiger partial charge in [0.15, 0.2) is 11.5 Å². The summed E-state index contributed by atoms with van der Waals surface area (Å²) < 4.78 is 11.5. The van der Waals surface area contributed by atoms with Crippen molar-refractivity contribution in [2.75, 3.05) is 19.8 Å². The Kier molecular flexibility index (Phi) is 6.35. The van der Waals surface area contributed by atoms with Gasteiger partial charge in [-0.2, -0.15) is 0 Å². The Labute approximate surface area is 149 Å². The molecule has 2 aromatic rings. The first kappa shape index (κ1) is 18.4. The Morgan fingerprint density at radius 1 is 1.08 bits per heavy atom. The third-order valence-corrected chi connectivity index (χ3v) is 4.06. The number of nitrogens with one attached hydrogen (secondary N) is 1. The van der Waals surface area contributed by atoms with E-state index in [1.807, 2.05) is 32.0 Å². The summed E-state index contributed by atoms with van der Waals surface area (Å²) in [6.45, 7) is 6.06. The van der Waals surface area contributed by atoms with Crippen LogP contribution in [0.4, 0.5) is 0 Å². The average Bonchev–Trinajstić information content (AvgIpc) is 2.55. The molecule has 0 aliphatic carbocycles. The molecule has 4 nitrogen and oxygen atoms in total. The van der Waals surface area contributed by atoms with Crippen molar-refractivity contribution in [3.63, 3.8) is 0 Å². The van der Waals surface area contributed by atoms with E-state index in [2.05, 4.69) is 17.4 Å². The number of aromatic hydroxyl groups is 1. The van der Waals surface area contributed by atoms with Crippen molar-refractivity contribution in [2.24, 2.45) is 0 Å². The first-order valence-electron chi connectivity index (χ1n) is 8.17. The first-order chi connectivity index (χ1) is 11.2. The largest absolute Gasteiger partial charge is 0.508 e. The van der Waals surface area contributed by atoms with E-state index in [9.17, 15) is 5.11 Å². The highest BCUT2D eigenvalue weighted by molar-refractivity contribution is 5.85. The monoisotopic (exact) mass is 349 g/mol. The SMILES string of the molecule is CCOc1cc2c(cc1OCC)C(c1cccc(O)c1)NCC2.Cl. The molecule has 1 atom stereocenters. The topological polar surface area (TPSA) is 50.7 Å². The van der Waals surface area contributed by atoms with Gasteiger partial charge in [-0.25, -0.2) is 0 Å². The molecule has 1 aliphatic heterocycles. The third kappa shape index (κ3) is 3.77. The standard InChI is InChI=1S/C19H23NO3.ClH/c1-3-22-17-11-13-8-9-20-19(14-6-5-7-15(21)10-14)16(13)12-18(17)23-4-2;/h5-7,10-12,19-21H,3-4,8-9H2,1-2H3;1H. The van der Waals surface area contributed by atoms with Crippen LogP contribution >= 0.6 is 12.4 Å². The summed E-state index contributed by atoms with van der Waals surface area (Å²) in [5, 5.41) is 13.3. The van der Waals surface area contributed by atoms with E-state index in [-0.39, 0.29) is 24.2 Å². The highest BCUT2D eigenvalue weighted by atomic mass is 35.5. The molecule has 130 valence electrons. The number of fused-ring (bicyclic) bond motifs is 1. The molecule has 0 bridgehead atoms.